The van der Waals surface area contributed by atoms with Gasteiger partial charge in [0.1, 0.15) is 6.04 Å². The average molecular weight is 266 g/mol. The molecule has 3 nitrogen and oxygen atoms in total. The van der Waals surface area contributed by atoms with Gasteiger partial charge in [-0.15, -0.1) is 0 Å². The zero-order valence-electron chi connectivity index (χ0n) is 11.5. The average Bonchev–Trinajstić information content (AvgIpc) is 2.49. The van der Waals surface area contributed by atoms with Crippen LogP contribution in [0.1, 0.15) is 17.5 Å². The summed E-state index contributed by atoms with van der Waals surface area (Å²) in [4.78, 5) is 12.3. The molecule has 1 amide bonds. The zero-order valence-corrected chi connectivity index (χ0v) is 11.5. The number of para-hydroxylation sites is 1. The number of benzene rings is 2. The second-order valence-corrected chi connectivity index (χ2v) is 5.25. The number of anilines is 2. The Kier molecular flexibility index (Phi) is 3.42. The van der Waals surface area contributed by atoms with E-state index in [2.05, 4.69) is 16.7 Å². The molecule has 2 aromatic rings. The van der Waals surface area contributed by atoms with E-state index in [4.69, 9.17) is 0 Å². The molecule has 0 saturated heterocycles. The number of aryl methyl sites for hydroxylation is 2. The topological polar surface area (TPSA) is 41.1 Å². The molecule has 0 fully saturated rings. The van der Waals surface area contributed by atoms with E-state index in [1.165, 1.54) is 11.1 Å². The van der Waals surface area contributed by atoms with Gasteiger partial charge in [0.15, 0.2) is 0 Å². The maximum atomic E-state index is 12.3. The van der Waals surface area contributed by atoms with Gasteiger partial charge in [-0.05, 0) is 43.5 Å². The fraction of sp³-hybridized carbons (Fsp3) is 0.235. The molecule has 1 heterocycles. The highest BCUT2D eigenvalue weighted by molar-refractivity contribution is 5.97. The highest BCUT2D eigenvalue weighted by Gasteiger charge is 2.23. The molecule has 1 aliphatic rings. The van der Waals surface area contributed by atoms with Crippen molar-refractivity contribution < 1.29 is 4.79 Å². The Bertz CT molecular complexity index is 619. The molecule has 3 rings (SSSR count). The van der Waals surface area contributed by atoms with Gasteiger partial charge in [-0.1, -0.05) is 35.9 Å². The first-order chi connectivity index (χ1) is 9.72. The maximum absolute atomic E-state index is 12.3. The van der Waals surface area contributed by atoms with E-state index in [-0.39, 0.29) is 11.9 Å². The van der Waals surface area contributed by atoms with Crippen LogP contribution in [0.5, 0.6) is 0 Å². The molecule has 0 radical (unpaired) electrons. The lowest BCUT2D eigenvalue weighted by atomic mass is 9.97. The molecule has 0 saturated carbocycles. The quantitative estimate of drug-likeness (QED) is 0.875. The lowest BCUT2D eigenvalue weighted by Crippen LogP contribution is -2.37. The van der Waals surface area contributed by atoms with Crippen molar-refractivity contribution in [1.29, 1.82) is 0 Å². The Labute approximate surface area is 119 Å². The summed E-state index contributed by atoms with van der Waals surface area (Å²) in [7, 11) is 0. The fourth-order valence-corrected chi connectivity index (χ4v) is 2.50. The molecular weight excluding hydrogens is 248 g/mol. The van der Waals surface area contributed by atoms with E-state index in [9.17, 15) is 4.79 Å². The van der Waals surface area contributed by atoms with Gasteiger partial charge in [0.2, 0.25) is 5.91 Å². The molecular formula is C17H18N2O. The largest absolute Gasteiger partial charge is 0.373 e. The lowest BCUT2D eigenvalue weighted by Gasteiger charge is -2.26. The smallest absolute Gasteiger partial charge is 0.246 e. The highest BCUT2D eigenvalue weighted by atomic mass is 16.2. The number of hydrogen-bond acceptors (Lipinski definition) is 2. The van der Waals surface area contributed by atoms with Crippen molar-refractivity contribution in [3.8, 4) is 0 Å². The summed E-state index contributed by atoms with van der Waals surface area (Å²) < 4.78 is 0. The third kappa shape index (κ3) is 2.67. The van der Waals surface area contributed by atoms with Crippen molar-refractivity contribution in [3.05, 3.63) is 59.7 Å². The van der Waals surface area contributed by atoms with Crippen LogP contribution in [-0.4, -0.2) is 11.9 Å². The van der Waals surface area contributed by atoms with E-state index in [0.29, 0.717) is 0 Å². The first-order valence-corrected chi connectivity index (χ1v) is 6.94. The van der Waals surface area contributed by atoms with E-state index in [1.807, 2.05) is 49.4 Å². The minimum absolute atomic E-state index is 0.0309. The van der Waals surface area contributed by atoms with E-state index in [0.717, 1.165) is 24.2 Å². The maximum Gasteiger partial charge on any atom is 0.246 e. The molecule has 0 unspecified atom stereocenters. The molecule has 2 aromatic carbocycles. The van der Waals surface area contributed by atoms with E-state index < -0.39 is 0 Å². The molecule has 0 bridgehead atoms. The van der Waals surface area contributed by atoms with Crippen LogP contribution in [0, 0.1) is 6.92 Å². The van der Waals surface area contributed by atoms with Crippen LogP contribution in [-0.2, 0) is 11.2 Å². The van der Waals surface area contributed by atoms with Crippen LogP contribution in [0.25, 0.3) is 0 Å². The minimum atomic E-state index is -0.161. The van der Waals surface area contributed by atoms with Gasteiger partial charge in [0.05, 0.1) is 0 Å². The standard InChI is InChI=1S/C17H18N2O/c1-12-6-9-14(10-7-12)18-17(20)16-11-8-13-4-2-3-5-15(13)19-16/h2-7,9-10,16,19H,8,11H2,1H3,(H,18,20)/t16-/m0/s1. The third-order valence-electron chi connectivity index (χ3n) is 3.69. The van der Waals surface area contributed by atoms with Crippen molar-refractivity contribution in [2.24, 2.45) is 0 Å². The summed E-state index contributed by atoms with van der Waals surface area (Å²) in [5.74, 6) is 0.0309. The number of carbonyl (C=O) groups excluding carboxylic acids is 1. The molecule has 3 heteroatoms. The van der Waals surface area contributed by atoms with E-state index in [1.54, 1.807) is 0 Å². The second-order valence-electron chi connectivity index (χ2n) is 5.25. The Balaban J connectivity index is 1.68. The predicted octanol–water partition coefficient (Wildman–Crippen LogP) is 3.36. The molecule has 1 atom stereocenters. The summed E-state index contributed by atoms with van der Waals surface area (Å²) in [5, 5.41) is 6.28. The predicted molar refractivity (Wildman–Crippen MR) is 82.0 cm³/mol. The van der Waals surface area contributed by atoms with Gasteiger partial charge in [0.25, 0.3) is 0 Å². The van der Waals surface area contributed by atoms with Crippen molar-refractivity contribution in [3.63, 3.8) is 0 Å². The lowest BCUT2D eigenvalue weighted by molar-refractivity contribution is -0.117. The van der Waals surface area contributed by atoms with Crippen molar-refractivity contribution in [2.75, 3.05) is 10.6 Å². The summed E-state index contributed by atoms with van der Waals surface area (Å²) in [6.45, 7) is 2.03. The van der Waals surface area contributed by atoms with Crippen molar-refractivity contribution >= 4 is 17.3 Å². The zero-order chi connectivity index (χ0) is 13.9. The Morgan fingerprint density at radius 3 is 2.70 bits per heavy atom. The molecule has 1 aliphatic heterocycles. The molecule has 0 aliphatic carbocycles. The Morgan fingerprint density at radius 1 is 1.15 bits per heavy atom. The Hall–Kier alpha value is -2.29. The van der Waals surface area contributed by atoms with E-state index >= 15 is 0 Å². The van der Waals surface area contributed by atoms with Crippen LogP contribution in [0.3, 0.4) is 0 Å². The number of rotatable bonds is 2. The Morgan fingerprint density at radius 2 is 1.90 bits per heavy atom. The van der Waals surface area contributed by atoms with Gasteiger partial charge in [-0.2, -0.15) is 0 Å². The number of fused-ring (bicyclic) bond motifs is 1. The summed E-state index contributed by atoms with van der Waals surface area (Å²) in [6.07, 6.45) is 1.77. The van der Waals surface area contributed by atoms with Crippen LogP contribution in [0.2, 0.25) is 0 Å². The first kappa shape index (κ1) is 12.7. The highest BCUT2D eigenvalue weighted by Crippen LogP contribution is 2.24. The van der Waals surface area contributed by atoms with Crippen LogP contribution in [0.4, 0.5) is 11.4 Å². The van der Waals surface area contributed by atoms with Gasteiger partial charge >= 0.3 is 0 Å². The molecule has 2 N–H and O–H groups in total. The normalized spacial score (nSPS) is 16.9. The summed E-state index contributed by atoms with van der Waals surface area (Å²) in [6, 6.07) is 15.9. The van der Waals surface area contributed by atoms with Gasteiger partial charge in [-0.25, -0.2) is 0 Å². The third-order valence-corrected chi connectivity index (χ3v) is 3.69. The minimum Gasteiger partial charge on any atom is -0.373 e. The number of nitrogens with one attached hydrogen (secondary N) is 2. The van der Waals surface area contributed by atoms with Gasteiger partial charge < -0.3 is 10.6 Å². The van der Waals surface area contributed by atoms with Gasteiger partial charge in [-0.3, -0.25) is 4.79 Å². The van der Waals surface area contributed by atoms with Crippen LogP contribution < -0.4 is 10.6 Å². The molecule has 102 valence electrons. The first-order valence-electron chi connectivity index (χ1n) is 6.94. The summed E-state index contributed by atoms with van der Waals surface area (Å²) >= 11 is 0. The van der Waals surface area contributed by atoms with Crippen LogP contribution >= 0.6 is 0 Å². The summed E-state index contributed by atoms with van der Waals surface area (Å²) in [5.41, 5.74) is 4.39. The number of carbonyl (C=O) groups is 1. The van der Waals surface area contributed by atoms with Crippen molar-refractivity contribution in [2.45, 2.75) is 25.8 Å². The monoisotopic (exact) mass is 266 g/mol. The SMILES string of the molecule is Cc1ccc(NC(=O)[C@@H]2CCc3ccccc3N2)cc1. The van der Waals surface area contributed by atoms with Crippen LogP contribution in [0.15, 0.2) is 48.5 Å². The molecule has 20 heavy (non-hydrogen) atoms. The fourth-order valence-electron chi connectivity index (χ4n) is 2.50. The number of hydrogen-bond donors (Lipinski definition) is 2. The molecule has 0 aromatic heterocycles. The van der Waals surface area contributed by atoms with Crippen molar-refractivity contribution in [1.82, 2.24) is 0 Å². The van der Waals surface area contributed by atoms with Gasteiger partial charge in [0, 0.05) is 11.4 Å². The molecule has 0 spiro atoms. The number of amides is 1. The second kappa shape index (κ2) is 5.37.